The number of benzene rings is 1. The molecule has 1 aromatic carbocycles. The molecule has 3 heteroatoms. The number of carbonyl (C=O) groups is 1. The fourth-order valence-corrected chi connectivity index (χ4v) is 1.69. The van der Waals surface area contributed by atoms with Gasteiger partial charge < -0.3 is 4.74 Å². The van der Waals surface area contributed by atoms with Gasteiger partial charge in [-0.15, -0.1) is 0 Å². The molecule has 0 unspecified atom stereocenters. The van der Waals surface area contributed by atoms with Gasteiger partial charge in [0.25, 0.3) is 0 Å². The average molecular weight is 217 g/mol. The molecule has 0 heterocycles. The lowest BCUT2D eigenvalue weighted by Gasteiger charge is -2.09. The monoisotopic (exact) mass is 217 g/mol. The number of esters is 1. The molecule has 84 valence electrons. The zero-order chi connectivity index (χ0) is 12.1. The smallest absolute Gasteiger partial charge is 0.310 e. The highest BCUT2D eigenvalue weighted by Gasteiger charge is 2.10. The lowest BCUT2D eigenvalue weighted by molar-refractivity contribution is -0.142. The van der Waals surface area contributed by atoms with Crippen LogP contribution < -0.4 is 0 Å². The van der Waals surface area contributed by atoms with Gasteiger partial charge in [-0.25, -0.2) is 0 Å². The van der Waals surface area contributed by atoms with Gasteiger partial charge in [0.15, 0.2) is 0 Å². The molecule has 3 nitrogen and oxygen atoms in total. The molecular weight excluding hydrogens is 202 g/mol. The first kappa shape index (κ1) is 12.3. The molecule has 0 aliphatic heterocycles. The van der Waals surface area contributed by atoms with Crippen molar-refractivity contribution in [2.24, 2.45) is 0 Å². The van der Waals surface area contributed by atoms with E-state index in [0.717, 1.165) is 16.7 Å². The maximum atomic E-state index is 11.4. The minimum Gasteiger partial charge on any atom is -0.466 e. The lowest BCUT2D eigenvalue weighted by Crippen LogP contribution is -2.10. The zero-order valence-corrected chi connectivity index (χ0v) is 9.83. The van der Waals surface area contributed by atoms with Crippen LogP contribution in [0.2, 0.25) is 0 Å². The van der Waals surface area contributed by atoms with Gasteiger partial charge in [-0.2, -0.15) is 5.26 Å². The molecule has 1 aromatic rings. The second kappa shape index (κ2) is 5.32. The summed E-state index contributed by atoms with van der Waals surface area (Å²) in [4.78, 5) is 11.4. The van der Waals surface area contributed by atoms with Gasteiger partial charge in [0, 0.05) is 0 Å². The van der Waals surface area contributed by atoms with Crippen LogP contribution in [0.3, 0.4) is 0 Å². The number of hydrogen-bond acceptors (Lipinski definition) is 3. The topological polar surface area (TPSA) is 50.1 Å². The molecule has 0 N–H and O–H groups in total. The average Bonchev–Trinajstić information content (AvgIpc) is 2.23. The molecule has 1 rings (SSSR count). The minimum absolute atomic E-state index is 0.224. The van der Waals surface area contributed by atoms with Crippen LogP contribution in [0.4, 0.5) is 0 Å². The number of nitrogens with zero attached hydrogens (tertiary/aromatic N) is 1. The minimum atomic E-state index is -0.224. The number of carbonyl (C=O) groups excluding carboxylic acids is 1. The number of hydrogen-bond donors (Lipinski definition) is 0. The summed E-state index contributed by atoms with van der Waals surface area (Å²) in [7, 11) is 0. The van der Waals surface area contributed by atoms with E-state index in [2.05, 4.69) is 6.07 Å². The van der Waals surface area contributed by atoms with Gasteiger partial charge in [0.2, 0.25) is 0 Å². The van der Waals surface area contributed by atoms with Crippen molar-refractivity contribution in [3.8, 4) is 6.07 Å². The molecule has 0 fully saturated rings. The van der Waals surface area contributed by atoms with E-state index in [0.29, 0.717) is 12.2 Å². The van der Waals surface area contributed by atoms with Crippen LogP contribution in [0.5, 0.6) is 0 Å². The molecule has 0 aromatic heterocycles. The van der Waals surface area contributed by atoms with Gasteiger partial charge >= 0.3 is 5.97 Å². The van der Waals surface area contributed by atoms with Crippen LogP contribution in [-0.4, -0.2) is 12.6 Å². The Morgan fingerprint density at radius 2 is 1.94 bits per heavy atom. The molecule has 0 saturated heterocycles. The van der Waals surface area contributed by atoms with E-state index >= 15 is 0 Å². The van der Waals surface area contributed by atoms with Gasteiger partial charge in [-0.1, -0.05) is 0 Å². The fourth-order valence-electron chi connectivity index (χ4n) is 1.69. The predicted octanol–water partition coefficient (Wildman–Crippen LogP) is 2.28. The van der Waals surface area contributed by atoms with Crippen molar-refractivity contribution >= 4 is 5.97 Å². The summed E-state index contributed by atoms with van der Waals surface area (Å²) in [5.74, 6) is -0.224. The van der Waals surface area contributed by atoms with E-state index in [9.17, 15) is 4.79 Å². The Morgan fingerprint density at radius 3 is 2.38 bits per heavy atom. The van der Waals surface area contributed by atoms with E-state index in [4.69, 9.17) is 10.00 Å². The third-order valence-electron chi connectivity index (χ3n) is 2.45. The van der Waals surface area contributed by atoms with Crippen molar-refractivity contribution in [1.82, 2.24) is 0 Å². The van der Waals surface area contributed by atoms with Crippen molar-refractivity contribution in [3.63, 3.8) is 0 Å². The predicted molar refractivity (Wildman–Crippen MR) is 61.0 cm³/mol. The van der Waals surface area contributed by atoms with Gasteiger partial charge in [0.05, 0.1) is 24.7 Å². The van der Waals surface area contributed by atoms with Crippen LogP contribution in [0, 0.1) is 25.2 Å². The van der Waals surface area contributed by atoms with E-state index in [1.807, 2.05) is 13.8 Å². The largest absolute Gasteiger partial charge is 0.466 e. The second-order valence-corrected chi connectivity index (χ2v) is 3.68. The summed E-state index contributed by atoms with van der Waals surface area (Å²) in [6.45, 7) is 5.99. The van der Waals surface area contributed by atoms with Crippen molar-refractivity contribution in [2.45, 2.75) is 27.2 Å². The van der Waals surface area contributed by atoms with Crippen molar-refractivity contribution in [3.05, 3.63) is 34.4 Å². The highest BCUT2D eigenvalue weighted by atomic mass is 16.5. The molecule has 0 atom stereocenters. The molecule has 16 heavy (non-hydrogen) atoms. The number of aryl methyl sites for hydroxylation is 2. The van der Waals surface area contributed by atoms with Crippen LogP contribution in [0.25, 0.3) is 0 Å². The lowest BCUT2D eigenvalue weighted by atomic mass is 9.97. The fraction of sp³-hybridized carbons (Fsp3) is 0.385. The summed E-state index contributed by atoms with van der Waals surface area (Å²) in [5, 5.41) is 8.80. The van der Waals surface area contributed by atoms with Crippen molar-refractivity contribution in [1.29, 1.82) is 5.26 Å². The van der Waals surface area contributed by atoms with Gasteiger partial charge in [-0.3, -0.25) is 4.79 Å². The number of nitriles is 1. The van der Waals surface area contributed by atoms with E-state index in [-0.39, 0.29) is 12.4 Å². The standard InChI is InChI=1S/C13H15NO2/c1-4-16-13(15)7-12-9(2)5-11(8-14)6-10(12)3/h5-6H,4,7H2,1-3H3. The van der Waals surface area contributed by atoms with E-state index in [1.54, 1.807) is 19.1 Å². The highest BCUT2D eigenvalue weighted by Crippen LogP contribution is 2.17. The Morgan fingerprint density at radius 1 is 1.38 bits per heavy atom. The molecule has 0 saturated carbocycles. The molecule has 0 amide bonds. The Balaban J connectivity index is 2.98. The zero-order valence-electron chi connectivity index (χ0n) is 9.83. The maximum absolute atomic E-state index is 11.4. The van der Waals surface area contributed by atoms with Gasteiger partial charge in [-0.05, 0) is 49.6 Å². The summed E-state index contributed by atoms with van der Waals surface area (Å²) in [6, 6.07) is 5.68. The summed E-state index contributed by atoms with van der Waals surface area (Å²) >= 11 is 0. The highest BCUT2D eigenvalue weighted by molar-refractivity contribution is 5.73. The molecule has 0 aliphatic rings. The van der Waals surface area contributed by atoms with Crippen LogP contribution in [0.1, 0.15) is 29.2 Å². The molecule has 0 bridgehead atoms. The SMILES string of the molecule is CCOC(=O)Cc1c(C)cc(C#N)cc1C. The van der Waals surface area contributed by atoms with E-state index < -0.39 is 0 Å². The first-order valence-electron chi connectivity index (χ1n) is 5.24. The molecular formula is C13H15NO2. The van der Waals surface area contributed by atoms with Crippen molar-refractivity contribution in [2.75, 3.05) is 6.61 Å². The van der Waals surface area contributed by atoms with Crippen LogP contribution in [-0.2, 0) is 16.0 Å². The summed E-state index contributed by atoms with van der Waals surface area (Å²) in [6.07, 6.45) is 0.275. The van der Waals surface area contributed by atoms with Crippen LogP contribution >= 0.6 is 0 Å². The van der Waals surface area contributed by atoms with Crippen LogP contribution in [0.15, 0.2) is 12.1 Å². The normalized spacial score (nSPS) is 9.62. The Bertz CT molecular complexity index is 421. The third-order valence-corrected chi connectivity index (χ3v) is 2.45. The molecule has 0 radical (unpaired) electrons. The summed E-state index contributed by atoms with van der Waals surface area (Å²) in [5.41, 5.74) is 3.51. The molecule has 0 spiro atoms. The Kier molecular flexibility index (Phi) is 4.07. The maximum Gasteiger partial charge on any atom is 0.310 e. The van der Waals surface area contributed by atoms with E-state index in [1.165, 1.54) is 0 Å². The summed E-state index contributed by atoms with van der Waals surface area (Å²) < 4.78 is 4.91. The number of rotatable bonds is 3. The second-order valence-electron chi connectivity index (χ2n) is 3.68. The number of ether oxygens (including phenoxy) is 1. The van der Waals surface area contributed by atoms with Gasteiger partial charge in [0.1, 0.15) is 0 Å². The third kappa shape index (κ3) is 2.83. The first-order chi connectivity index (χ1) is 7.58. The molecule has 0 aliphatic carbocycles. The Labute approximate surface area is 95.7 Å². The van der Waals surface area contributed by atoms with Crippen molar-refractivity contribution < 1.29 is 9.53 Å². The Hall–Kier alpha value is -1.82. The first-order valence-corrected chi connectivity index (χ1v) is 5.24. The quantitative estimate of drug-likeness (QED) is 0.730.